The van der Waals surface area contributed by atoms with E-state index in [-0.39, 0.29) is 23.8 Å². The van der Waals surface area contributed by atoms with E-state index >= 15 is 0 Å². The average molecular weight is 292 g/mol. The van der Waals surface area contributed by atoms with Crippen LogP contribution >= 0.6 is 0 Å². The minimum atomic E-state index is -0.188. The Morgan fingerprint density at radius 3 is 2.52 bits per heavy atom. The zero-order chi connectivity index (χ0) is 15.8. The van der Waals surface area contributed by atoms with Crippen molar-refractivity contribution in [3.63, 3.8) is 0 Å². The van der Waals surface area contributed by atoms with Crippen LogP contribution in [0.5, 0.6) is 0 Å². The summed E-state index contributed by atoms with van der Waals surface area (Å²) in [5.41, 5.74) is 1.25. The van der Waals surface area contributed by atoms with Crippen LogP contribution in [0.4, 0.5) is 0 Å². The van der Waals surface area contributed by atoms with Crippen molar-refractivity contribution in [2.24, 2.45) is 7.05 Å². The molecule has 0 bridgehead atoms. The molecule has 1 N–H and O–H groups in total. The largest absolute Gasteiger partial charge is 0.352 e. The maximum atomic E-state index is 12.4. The Kier molecular flexibility index (Phi) is 4.07. The van der Waals surface area contributed by atoms with Gasteiger partial charge in [-0.05, 0) is 18.9 Å². The number of hydrogen-bond acceptors (Lipinski definition) is 3. The maximum absolute atomic E-state index is 12.4. The van der Waals surface area contributed by atoms with Gasteiger partial charge in [0.25, 0.3) is 5.91 Å². The molecule has 0 spiro atoms. The summed E-state index contributed by atoms with van der Waals surface area (Å²) in [5.74, 6) is -0.294. The van der Waals surface area contributed by atoms with Gasteiger partial charge in [-0.3, -0.25) is 14.3 Å². The van der Waals surface area contributed by atoms with Gasteiger partial charge < -0.3 is 10.2 Å². The molecule has 0 radical (unpaired) electrons. The van der Waals surface area contributed by atoms with Gasteiger partial charge in [0.1, 0.15) is 5.69 Å². The Balaban J connectivity index is 2.04. The van der Waals surface area contributed by atoms with Crippen molar-refractivity contribution in [1.82, 2.24) is 20.0 Å². The number of hydrogen-bond donors (Lipinski definition) is 1. The second-order valence-corrected chi connectivity index (χ2v) is 6.79. The lowest BCUT2D eigenvalue weighted by Crippen LogP contribution is -2.39. The van der Waals surface area contributed by atoms with Gasteiger partial charge in [-0.2, -0.15) is 5.10 Å². The van der Waals surface area contributed by atoms with E-state index in [9.17, 15) is 9.59 Å². The number of nitrogens with one attached hydrogen (secondary N) is 1. The Bertz CT molecular complexity index is 553. The molecule has 0 unspecified atom stereocenters. The molecule has 0 saturated heterocycles. The zero-order valence-corrected chi connectivity index (χ0v) is 13.4. The van der Waals surface area contributed by atoms with Crippen molar-refractivity contribution >= 4 is 11.8 Å². The Hall–Kier alpha value is -1.85. The topological polar surface area (TPSA) is 67.2 Å². The Morgan fingerprint density at radius 1 is 1.43 bits per heavy atom. The molecule has 1 aromatic heterocycles. The van der Waals surface area contributed by atoms with Gasteiger partial charge in [-0.1, -0.05) is 20.8 Å². The second-order valence-electron chi connectivity index (χ2n) is 6.79. The second kappa shape index (κ2) is 5.50. The van der Waals surface area contributed by atoms with Crippen LogP contribution in [0.25, 0.3) is 0 Å². The molecule has 6 heteroatoms. The number of nitrogens with zero attached hydrogens (tertiary/aromatic N) is 3. The van der Waals surface area contributed by atoms with E-state index < -0.39 is 0 Å². The molecule has 1 aliphatic carbocycles. The molecule has 6 nitrogen and oxygen atoms in total. The fraction of sp³-hybridized carbons (Fsp3) is 0.667. The SMILES string of the molecule is CN(CC(=O)NC1CC1)C(=O)c1cc(C(C)(C)C)nn1C. The fourth-order valence-corrected chi connectivity index (χ4v) is 2.02. The lowest BCUT2D eigenvalue weighted by molar-refractivity contribution is -0.121. The number of carbonyl (C=O) groups is 2. The molecule has 0 aliphatic heterocycles. The van der Waals surface area contributed by atoms with Crippen LogP contribution in [-0.4, -0.2) is 46.1 Å². The molecule has 2 rings (SSSR count). The molecule has 1 heterocycles. The number of aryl methyl sites for hydroxylation is 1. The third-order valence-electron chi connectivity index (χ3n) is 3.54. The summed E-state index contributed by atoms with van der Waals surface area (Å²) in [7, 11) is 3.39. The summed E-state index contributed by atoms with van der Waals surface area (Å²) in [6.07, 6.45) is 2.08. The highest BCUT2D eigenvalue weighted by atomic mass is 16.2. The highest BCUT2D eigenvalue weighted by Gasteiger charge is 2.26. The zero-order valence-electron chi connectivity index (χ0n) is 13.4. The van der Waals surface area contributed by atoms with Gasteiger partial charge in [-0.15, -0.1) is 0 Å². The van der Waals surface area contributed by atoms with Gasteiger partial charge in [-0.25, -0.2) is 0 Å². The molecule has 1 aliphatic rings. The summed E-state index contributed by atoms with van der Waals surface area (Å²) in [4.78, 5) is 25.6. The van der Waals surface area contributed by atoms with Gasteiger partial charge in [0.2, 0.25) is 5.91 Å². The number of likely N-dealkylation sites (N-methyl/N-ethyl adjacent to an activating group) is 1. The van der Waals surface area contributed by atoms with E-state index in [0.717, 1.165) is 18.5 Å². The molecular weight excluding hydrogens is 268 g/mol. The fourth-order valence-electron chi connectivity index (χ4n) is 2.02. The van der Waals surface area contributed by atoms with Crippen molar-refractivity contribution in [1.29, 1.82) is 0 Å². The van der Waals surface area contributed by atoms with Crippen molar-refractivity contribution < 1.29 is 9.59 Å². The van der Waals surface area contributed by atoms with E-state index in [4.69, 9.17) is 0 Å². The summed E-state index contributed by atoms with van der Waals surface area (Å²) in [6.45, 7) is 6.23. The minimum Gasteiger partial charge on any atom is -0.352 e. The predicted octanol–water partition coefficient (Wildman–Crippen LogP) is 1.07. The van der Waals surface area contributed by atoms with Crippen LogP contribution in [0.15, 0.2) is 6.07 Å². The molecule has 0 atom stereocenters. The van der Waals surface area contributed by atoms with Crippen LogP contribution in [0.3, 0.4) is 0 Å². The number of rotatable bonds is 4. The van der Waals surface area contributed by atoms with Gasteiger partial charge in [0.05, 0.1) is 12.2 Å². The predicted molar refractivity (Wildman–Crippen MR) is 80.0 cm³/mol. The van der Waals surface area contributed by atoms with Gasteiger partial charge in [0, 0.05) is 25.6 Å². The molecular formula is C15H24N4O2. The summed E-state index contributed by atoms with van der Waals surface area (Å²) in [5, 5.41) is 7.27. The number of carbonyl (C=O) groups excluding carboxylic acids is 2. The summed E-state index contributed by atoms with van der Waals surface area (Å²) in [6, 6.07) is 2.11. The van der Waals surface area contributed by atoms with Crippen LogP contribution in [-0.2, 0) is 17.3 Å². The molecule has 2 amide bonds. The standard InChI is InChI=1S/C15H24N4O2/c1-15(2,3)12-8-11(19(5)17-12)14(21)18(4)9-13(20)16-10-6-7-10/h8,10H,6-7,9H2,1-5H3,(H,16,20). The van der Waals surface area contributed by atoms with E-state index in [1.807, 2.05) is 0 Å². The third kappa shape index (κ3) is 3.83. The molecule has 21 heavy (non-hydrogen) atoms. The van der Waals surface area contributed by atoms with Crippen molar-refractivity contribution in [3.05, 3.63) is 17.5 Å². The highest BCUT2D eigenvalue weighted by molar-refractivity contribution is 5.95. The van der Waals surface area contributed by atoms with Crippen LogP contribution in [0.2, 0.25) is 0 Å². The lowest BCUT2D eigenvalue weighted by atomic mass is 9.92. The normalized spacial score (nSPS) is 14.9. The molecule has 1 fully saturated rings. The monoisotopic (exact) mass is 292 g/mol. The first-order valence-corrected chi connectivity index (χ1v) is 7.28. The minimum absolute atomic E-state index is 0.0748. The van der Waals surface area contributed by atoms with Crippen LogP contribution < -0.4 is 5.32 Å². The van der Waals surface area contributed by atoms with Crippen molar-refractivity contribution in [3.8, 4) is 0 Å². The Labute approximate surface area is 125 Å². The van der Waals surface area contributed by atoms with E-state index in [1.165, 1.54) is 4.90 Å². The van der Waals surface area contributed by atoms with Crippen molar-refractivity contribution in [2.45, 2.75) is 45.1 Å². The van der Waals surface area contributed by atoms with E-state index in [2.05, 4.69) is 31.2 Å². The van der Waals surface area contributed by atoms with E-state index in [0.29, 0.717) is 11.7 Å². The van der Waals surface area contributed by atoms with Crippen molar-refractivity contribution in [2.75, 3.05) is 13.6 Å². The number of amides is 2. The molecule has 1 aromatic rings. The quantitative estimate of drug-likeness (QED) is 0.902. The average Bonchev–Trinajstić information content (AvgIpc) is 3.06. The number of aromatic nitrogens is 2. The molecule has 0 aromatic carbocycles. The lowest BCUT2D eigenvalue weighted by Gasteiger charge is -2.16. The Morgan fingerprint density at radius 2 is 2.05 bits per heavy atom. The molecule has 1 saturated carbocycles. The first kappa shape index (κ1) is 15.5. The first-order valence-electron chi connectivity index (χ1n) is 7.28. The van der Waals surface area contributed by atoms with Gasteiger partial charge >= 0.3 is 0 Å². The first-order chi connectivity index (χ1) is 9.68. The smallest absolute Gasteiger partial charge is 0.272 e. The van der Waals surface area contributed by atoms with Gasteiger partial charge in [0.15, 0.2) is 0 Å². The summed E-state index contributed by atoms with van der Waals surface area (Å²) < 4.78 is 1.58. The van der Waals surface area contributed by atoms with Crippen LogP contribution in [0.1, 0.15) is 49.8 Å². The maximum Gasteiger partial charge on any atom is 0.272 e. The summed E-state index contributed by atoms with van der Waals surface area (Å²) >= 11 is 0. The van der Waals surface area contributed by atoms with Crippen LogP contribution in [0, 0.1) is 0 Å². The third-order valence-corrected chi connectivity index (χ3v) is 3.54. The molecule has 116 valence electrons. The van der Waals surface area contributed by atoms with E-state index in [1.54, 1.807) is 24.8 Å². The highest BCUT2D eigenvalue weighted by Crippen LogP contribution is 2.22.